The van der Waals surface area contributed by atoms with Crippen LogP contribution in [0.2, 0.25) is 0 Å². The number of nitrogens with zero attached hydrogens (tertiary/aromatic N) is 1. The summed E-state index contributed by atoms with van der Waals surface area (Å²) in [6.45, 7) is 16.4. The fourth-order valence-electron chi connectivity index (χ4n) is 4.53. The lowest BCUT2D eigenvalue weighted by atomic mass is 9.84. The molecule has 0 radical (unpaired) electrons. The lowest BCUT2D eigenvalue weighted by Crippen LogP contribution is -2.22. The van der Waals surface area contributed by atoms with Crippen molar-refractivity contribution in [2.75, 3.05) is 30.5 Å². The summed E-state index contributed by atoms with van der Waals surface area (Å²) >= 11 is 0. The third kappa shape index (κ3) is 6.37. The van der Waals surface area contributed by atoms with Crippen LogP contribution in [0.1, 0.15) is 57.7 Å². The molecule has 35 heavy (non-hydrogen) atoms. The van der Waals surface area contributed by atoms with Crippen molar-refractivity contribution in [2.45, 2.75) is 66.3 Å². The van der Waals surface area contributed by atoms with Crippen LogP contribution in [-0.4, -0.2) is 31.4 Å². The normalized spacial score (nSPS) is 11.7. The summed E-state index contributed by atoms with van der Waals surface area (Å²) in [4.78, 5) is 2.26. The second kappa shape index (κ2) is 11.2. The average molecular weight is 475 g/mol. The second-order valence-corrected chi connectivity index (χ2v) is 10.8. The summed E-state index contributed by atoms with van der Waals surface area (Å²) in [5.41, 5.74) is 8.44. The molecule has 0 aliphatic carbocycles. The van der Waals surface area contributed by atoms with E-state index in [-0.39, 0.29) is 5.41 Å². The molecule has 0 aliphatic heterocycles. The van der Waals surface area contributed by atoms with E-state index in [1.165, 1.54) is 5.56 Å². The Hall–Kier alpha value is -2.98. The lowest BCUT2D eigenvalue weighted by molar-refractivity contribution is 0.196. The number of aryl methyl sites for hydroxylation is 2. The van der Waals surface area contributed by atoms with Crippen LogP contribution in [0.5, 0.6) is 5.75 Å². The van der Waals surface area contributed by atoms with Crippen LogP contribution in [0.25, 0.3) is 11.1 Å². The van der Waals surface area contributed by atoms with Gasteiger partial charge in [-0.1, -0.05) is 56.7 Å². The molecule has 0 atom stereocenters. The van der Waals surface area contributed by atoms with Crippen LogP contribution in [0.4, 0.5) is 17.1 Å². The molecule has 0 bridgehead atoms. The third-order valence-electron chi connectivity index (χ3n) is 6.17. The van der Waals surface area contributed by atoms with E-state index in [1.807, 2.05) is 0 Å². The molecule has 0 saturated carbocycles. The quantitative estimate of drug-likeness (QED) is 0.309. The predicted molar refractivity (Wildman–Crippen MR) is 150 cm³/mol. The highest BCUT2D eigenvalue weighted by atomic mass is 16.5. The summed E-state index contributed by atoms with van der Waals surface area (Å²) < 4.78 is 5.39. The standard InChI is InChI=1S/C31H42N2O2/c1-21(2)32-27-15-14-22(3)18-25(27)24-12-9-10-13-28(24)33(16-11-17-35-8)29-20-23(4)19-26(30(29)34)31(5,6)7/h9-10,12-15,18-21,32,34H,11,16-17H2,1-8H3. The first-order valence-corrected chi connectivity index (χ1v) is 12.6. The van der Waals surface area contributed by atoms with Gasteiger partial charge in [-0.3, -0.25) is 0 Å². The number of hydrogen-bond acceptors (Lipinski definition) is 4. The molecule has 0 amide bonds. The van der Waals surface area contributed by atoms with E-state index in [0.29, 0.717) is 18.4 Å². The lowest BCUT2D eigenvalue weighted by Gasteiger charge is -2.31. The highest BCUT2D eigenvalue weighted by Crippen LogP contribution is 2.45. The summed E-state index contributed by atoms with van der Waals surface area (Å²) in [6.07, 6.45) is 0.841. The number of phenolic OH excluding ortho intramolecular Hbond substituents is 1. The van der Waals surface area contributed by atoms with E-state index in [9.17, 15) is 5.11 Å². The van der Waals surface area contributed by atoms with Crippen LogP contribution in [0.15, 0.2) is 54.6 Å². The van der Waals surface area contributed by atoms with Gasteiger partial charge in [-0.05, 0) is 69.4 Å². The Labute approximate surface area is 212 Å². The van der Waals surface area contributed by atoms with E-state index in [0.717, 1.165) is 52.3 Å². The van der Waals surface area contributed by atoms with Crippen LogP contribution in [0, 0.1) is 13.8 Å². The molecule has 2 N–H and O–H groups in total. The van der Waals surface area contributed by atoms with Gasteiger partial charge in [0.1, 0.15) is 5.75 Å². The summed E-state index contributed by atoms with van der Waals surface area (Å²) in [5, 5.41) is 15.1. The first-order chi connectivity index (χ1) is 16.5. The molecule has 3 aromatic rings. The molecule has 0 aliphatic rings. The fourth-order valence-corrected chi connectivity index (χ4v) is 4.53. The zero-order valence-corrected chi connectivity index (χ0v) is 22.7. The molecule has 3 rings (SSSR count). The van der Waals surface area contributed by atoms with Crippen LogP contribution < -0.4 is 10.2 Å². The van der Waals surface area contributed by atoms with Gasteiger partial charge in [0.15, 0.2) is 0 Å². The monoisotopic (exact) mass is 474 g/mol. The number of para-hydroxylation sites is 1. The van der Waals surface area contributed by atoms with Crippen molar-refractivity contribution in [3.8, 4) is 16.9 Å². The summed E-state index contributed by atoms with van der Waals surface area (Å²) in [7, 11) is 1.73. The SMILES string of the molecule is COCCCN(c1ccccc1-c1cc(C)ccc1NC(C)C)c1cc(C)cc(C(C)(C)C)c1O. The number of hydrogen-bond donors (Lipinski definition) is 2. The van der Waals surface area contributed by atoms with Crippen LogP contribution in [0.3, 0.4) is 0 Å². The number of ether oxygens (including phenoxy) is 1. The van der Waals surface area contributed by atoms with Crippen molar-refractivity contribution in [3.05, 3.63) is 71.3 Å². The van der Waals surface area contributed by atoms with Gasteiger partial charge in [0, 0.05) is 54.4 Å². The van der Waals surface area contributed by atoms with Crippen molar-refractivity contribution in [3.63, 3.8) is 0 Å². The first kappa shape index (κ1) is 26.6. The Kier molecular flexibility index (Phi) is 8.50. The molecule has 0 unspecified atom stereocenters. The number of rotatable bonds is 9. The average Bonchev–Trinajstić information content (AvgIpc) is 2.78. The highest BCUT2D eigenvalue weighted by molar-refractivity contribution is 5.90. The Bertz CT molecular complexity index is 1150. The molecule has 0 saturated heterocycles. The highest BCUT2D eigenvalue weighted by Gasteiger charge is 2.25. The zero-order chi connectivity index (χ0) is 25.8. The third-order valence-corrected chi connectivity index (χ3v) is 6.17. The molecule has 0 aromatic heterocycles. The number of benzene rings is 3. The number of anilines is 3. The number of nitrogens with one attached hydrogen (secondary N) is 1. The molecule has 3 aromatic carbocycles. The van der Waals surface area contributed by atoms with Gasteiger partial charge >= 0.3 is 0 Å². The van der Waals surface area contributed by atoms with Gasteiger partial charge in [0.05, 0.1) is 5.69 Å². The molecular weight excluding hydrogens is 432 g/mol. The van der Waals surface area contributed by atoms with Gasteiger partial charge in [-0.2, -0.15) is 0 Å². The maximum atomic E-state index is 11.5. The van der Waals surface area contributed by atoms with Crippen molar-refractivity contribution >= 4 is 17.1 Å². The Morgan fingerprint density at radius 1 is 0.914 bits per heavy atom. The Balaban J connectivity index is 2.25. The van der Waals surface area contributed by atoms with Crippen LogP contribution >= 0.6 is 0 Å². The fraction of sp³-hybridized carbons (Fsp3) is 0.419. The molecule has 0 fully saturated rings. The Morgan fingerprint density at radius 2 is 1.63 bits per heavy atom. The minimum absolute atomic E-state index is 0.173. The molecule has 4 heteroatoms. The van der Waals surface area contributed by atoms with Gasteiger partial charge < -0.3 is 20.1 Å². The zero-order valence-electron chi connectivity index (χ0n) is 22.7. The molecular formula is C31H42N2O2. The van der Waals surface area contributed by atoms with Gasteiger partial charge in [0.25, 0.3) is 0 Å². The predicted octanol–water partition coefficient (Wildman–Crippen LogP) is 7.97. The summed E-state index contributed by atoms with van der Waals surface area (Å²) in [5.74, 6) is 0.347. The van der Waals surface area contributed by atoms with Crippen molar-refractivity contribution in [2.24, 2.45) is 0 Å². The number of methoxy groups -OCH3 is 1. The minimum Gasteiger partial charge on any atom is -0.505 e. The summed E-state index contributed by atoms with van der Waals surface area (Å²) in [6, 6.07) is 19.6. The second-order valence-electron chi connectivity index (χ2n) is 10.8. The maximum absolute atomic E-state index is 11.5. The van der Waals surface area contributed by atoms with Gasteiger partial charge in [0.2, 0.25) is 0 Å². The Morgan fingerprint density at radius 3 is 2.29 bits per heavy atom. The molecule has 4 nitrogen and oxygen atoms in total. The van der Waals surface area contributed by atoms with Crippen molar-refractivity contribution in [1.29, 1.82) is 0 Å². The van der Waals surface area contributed by atoms with E-state index in [4.69, 9.17) is 4.74 Å². The van der Waals surface area contributed by atoms with E-state index >= 15 is 0 Å². The minimum atomic E-state index is -0.173. The smallest absolute Gasteiger partial charge is 0.142 e. The van der Waals surface area contributed by atoms with E-state index < -0.39 is 0 Å². The number of aromatic hydroxyl groups is 1. The van der Waals surface area contributed by atoms with Crippen molar-refractivity contribution in [1.82, 2.24) is 0 Å². The molecule has 0 spiro atoms. The molecule has 0 heterocycles. The van der Waals surface area contributed by atoms with Gasteiger partial charge in [-0.15, -0.1) is 0 Å². The van der Waals surface area contributed by atoms with Crippen LogP contribution in [-0.2, 0) is 10.2 Å². The van der Waals surface area contributed by atoms with Gasteiger partial charge in [-0.25, -0.2) is 0 Å². The van der Waals surface area contributed by atoms with E-state index in [1.54, 1.807) is 7.11 Å². The van der Waals surface area contributed by atoms with E-state index in [2.05, 4.69) is 113 Å². The number of phenols is 1. The topological polar surface area (TPSA) is 44.7 Å². The first-order valence-electron chi connectivity index (χ1n) is 12.6. The largest absolute Gasteiger partial charge is 0.505 e. The van der Waals surface area contributed by atoms with Crippen molar-refractivity contribution < 1.29 is 9.84 Å². The maximum Gasteiger partial charge on any atom is 0.142 e. The molecule has 188 valence electrons.